The van der Waals surface area contributed by atoms with Crippen molar-refractivity contribution in [2.75, 3.05) is 13.6 Å². The second-order valence-corrected chi connectivity index (χ2v) is 8.13. The third kappa shape index (κ3) is 4.53. The molecule has 3 rings (SSSR count). The maximum Gasteiger partial charge on any atom is 0.264 e. The smallest absolute Gasteiger partial charge is 0.264 e. The van der Waals surface area contributed by atoms with Crippen molar-refractivity contribution in [3.63, 3.8) is 0 Å². The minimum atomic E-state index is -2.13. The van der Waals surface area contributed by atoms with Crippen molar-refractivity contribution in [2.24, 2.45) is 5.92 Å². The molecule has 0 radical (unpaired) electrons. The quantitative estimate of drug-likeness (QED) is 0.620. The summed E-state index contributed by atoms with van der Waals surface area (Å²) >= 11 is 5.80. The molecule has 3 amide bonds. The van der Waals surface area contributed by atoms with Gasteiger partial charge in [-0.2, -0.15) is 0 Å². The van der Waals surface area contributed by atoms with Crippen LogP contribution in [0, 0.1) is 11.7 Å². The van der Waals surface area contributed by atoms with E-state index in [1.807, 2.05) is 0 Å². The van der Waals surface area contributed by atoms with Crippen molar-refractivity contribution in [1.82, 2.24) is 15.5 Å². The summed E-state index contributed by atoms with van der Waals surface area (Å²) in [6, 6.07) is 3.79. The highest BCUT2D eigenvalue weighted by Gasteiger charge is 2.53. The molecule has 1 aromatic rings. The van der Waals surface area contributed by atoms with Crippen LogP contribution in [0.25, 0.3) is 0 Å². The molecule has 29 heavy (non-hydrogen) atoms. The molecular formula is C20H25ClFN3O4. The van der Waals surface area contributed by atoms with Gasteiger partial charge in [-0.25, -0.2) is 4.39 Å². The van der Waals surface area contributed by atoms with Crippen molar-refractivity contribution in [3.8, 4) is 0 Å². The number of rotatable bonds is 5. The second kappa shape index (κ2) is 8.67. The van der Waals surface area contributed by atoms with Gasteiger partial charge in [-0.15, -0.1) is 0 Å². The molecule has 1 saturated carbocycles. The van der Waals surface area contributed by atoms with Crippen LogP contribution >= 0.6 is 11.6 Å². The van der Waals surface area contributed by atoms with E-state index in [4.69, 9.17) is 11.6 Å². The van der Waals surface area contributed by atoms with Gasteiger partial charge in [-0.3, -0.25) is 14.4 Å². The highest BCUT2D eigenvalue weighted by molar-refractivity contribution is 6.30. The molecule has 0 bridgehead atoms. The zero-order valence-corrected chi connectivity index (χ0v) is 17.0. The average Bonchev–Trinajstić information content (AvgIpc) is 3.01. The summed E-state index contributed by atoms with van der Waals surface area (Å²) in [5.41, 5.74) is -1.70. The van der Waals surface area contributed by atoms with Crippen molar-refractivity contribution < 1.29 is 23.9 Å². The number of halogens is 2. The van der Waals surface area contributed by atoms with Crippen LogP contribution in [0.15, 0.2) is 18.2 Å². The monoisotopic (exact) mass is 425 g/mol. The minimum Gasteiger partial charge on any atom is -0.372 e. The molecule has 1 aliphatic heterocycles. The van der Waals surface area contributed by atoms with Gasteiger partial charge >= 0.3 is 0 Å². The first kappa shape index (κ1) is 21.5. The lowest BCUT2D eigenvalue weighted by Gasteiger charge is -2.34. The molecule has 1 heterocycles. The minimum absolute atomic E-state index is 0.00303. The molecule has 1 atom stereocenters. The zero-order chi connectivity index (χ0) is 21.2. The van der Waals surface area contributed by atoms with E-state index in [-0.39, 0.29) is 42.4 Å². The Hall–Kier alpha value is -2.19. The summed E-state index contributed by atoms with van der Waals surface area (Å²) in [5, 5.41) is 16.1. The normalized spacial score (nSPS) is 27.0. The first-order valence-corrected chi connectivity index (χ1v) is 10.1. The highest BCUT2D eigenvalue weighted by Crippen LogP contribution is 2.33. The predicted molar refractivity (Wildman–Crippen MR) is 104 cm³/mol. The third-order valence-electron chi connectivity index (χ3n) is 5.83. The van der Waals surface area contributed by atoms with Gasteiger partial charge in [-0.1, -0.05) is 11.6 Å². The fourth-order valence-electron chi connectivity index (χ4n) is 4.18. The van der Waals surface area contributed by atoms with Crippen LogP contribution in [-0.2, 0) is 20.9 Å². The van der Waals surface area contributed by atoms with Crippen LogP contribution in [0.4, 0.5) is 4.39 Å². The maximum atomic E-state index is 13.4. The Morgan fingerprint density at radius 1 is 1.28 bits per heavy atom. The van der Waals surface area contributed by atoms with E-state index in [0.29, 0.717) is 31.2 Å². The van der Waals surface area contributed by atoms with E-state index in [1.54, 1.807) is 11.9 Å². The lowest BCUT2D eigenvalue weighted by Crippen LogP contribution is -2.54. The van der Waals surface area contributed by atoms with E-state index >= 15 is 0 Å². The Morgan fingerprint density at radius 2 is 1.97 bits per heavy atom. The van der Waals surface area contributed by atoms with Crippen LogP contribution < -0.4 is 10.6 Å². The van der Waals surface area contributed by atoms with Crippen LogP contribution in [-0.4, -0.2) is 53.0 Å². The number of nitrogens with zero attached hydrogens (tertiary/aromatic N) is 1. The Morgan fingerprint density at radius 3 is 2.59 bits per heavy atom. The molecular weight excluding hydrogens is 401 g/mol. The number of benzene rings is 1. The first-order valence-electron chi connectivity index (χ1n) is 9.73. The largest absolute Gasteiger partial charge is 0.372 e. The van der Waals surface area contributed by atoms with Crippen LogP contribution in [0.1, 0.15) is 37.7 Å². The Kier molecular flexibility index (Phi) is 6.43. The lowest BCUT2D eigenvalue weighted by atomic mass is 9.85. The molecule has 0 aromatic heterocycles. The molecule has 7 nitrogen and oxygen atoms in total. The molecule has 2 fully saturated rings. The number of nitrogens with one attached hydrogen (secondary N) is 2. The Bertz CT molecular complexity index is 793. The van der Waals surface area contributed by atoms with Gasteiger partial charge in [0.2, 0.25) is 11.5 Å². The van der Waals surface area contributed by atoms with Crippen molar-refractivity contribution in [3.05, 3.63) is 34.6 Å². The van der Waals surface area contributed by atoms with Gasteiger partial charge in [0.05, 0.1) is 0 Å². The van der Waals surface area contributed by atoms with Gasteiger partial charge < -0.3 is 20.6 Å². The van der Waals surface area contributed by atoms with Crippen molar-refractivity contribution in [2.45, 2.75) is 50.3 Å². The molecule has 0 spiro atoms. The number of aliphatic hydroxyl groups is 1. The number of carbonyl (C=O) groups is 3. The van der Waals surface area contributed by atoms with Crippen LogP contribution in [0.2, 0.25) is 5.02 Å². The number of amides is 3. The molecule has 1 unspecified atom stereocenters. The zero-order valence-electron chi connectivity index (χ0n) is 16.2. The van der Waals surface area contributed by atoms with Gasteiger partial charge in [-0.05, 0) is 49.4 Å². The molecule has 3 N–H and O–H groups in total. The van der Waals surface area contributed by atoms with Gasteiger partial charge in [0, 0.05) is 43.5 Å². The summed E-state index contributed by atoms with van der Waals surface area (Å²) in [6.07, 6.45) is 2.64. The van der Waals surface area contributed by atoms with Gasteiger partial charge in [0.15, 0.2) is 0 Å². The first-order chi connectivity index (χ1) is 13.7. The SMILES string of the molecule is CNC(=O)C1CCC(N2CCC(O)(C(=O)NCc3cc(F)cc(Cl)c3)C2=O)CC1. The van der Waals surface area contributed by atoms with E-state index in [2.05, 4.69) is 10.6 Å². The lowest BCUT2D eigenvalue weighted by molar-refractivity contribution is -0.155. The second-order valence-electron chi connectivity index (χ2n) is 7.69. The molecule has 1 aromatic carbocycles. The number of hydrogen-bond acceptors (Lipinski definition) is 4. The molecule has 158 valence electrons. The summed E-state index contributed by atoms with van der Waals surface area (Å²) in [5.74, 6) is -2.00. The summed E-state index contributed by atoms with van der Waals surface area (Å²) < 4.78 is 13.4. The van der Waals surface area contributed by atoms with Gasteiger partial charge in [0.1, 0.15) is 5.82 Å². The standard InChI is InChI=1S/C20H25ClFN3O4/c1-23-17(26)13-2-4-16(5-3-13)25-7-6-20(29,19(25)28)18(27)24-11-12-8-14(21)10-15(22)9-12/h8-10,13,16,29H,2-7,11H2,1H3,(H,23,26)(H,24,27). The Balaban J connectivity index is 1.59. The number of carbonyl (C=O) groups excluding carboxylic acids is 3. The molecule has 1 saturated heterocycles. The number of hydrogen-bond donors (Lipinski definition) is 3. The summed E-state index contributed by atoms with van der Waals surface area (Å²) in [4.78, 5) is 38.7. The topological polar surface area (TPSA) is 98.7 Å². The fourth-order valence-corrected chi connectivity index (χ4v) is 4.43. The Labute approximate surface area is 173 Å². The molecule has 1 aliphatic carbocycles. The van der Waals surface area contributed by atoms with Crippen molar-refractivity contribution >= 4 is 29.3 Å². The maximum absolute atomic E-state index is 13.4. The highest BCUT2D eigenvalue weighted by atomic mass is 35.5. The van der Waals surface area contributed by atoms with E-state index in [1.165, 1.54) is 12.1 Å². The fraction of sp³-hybridized carbons (Fsp3) is 0.550. The van der Waals surface area contributed by atoms with E-state index in [0.717, 1.165) is 6.07 Å². The summed E-state index contributed by atoms with van der Waals surface area (Å²) in [6.45, 7) is 0.229. The van der Waals surface area contributed by atoms with E-state index < -0.39 is 23.2 Å². The van der Waals surface area contributed by atoms with Crippen molar-refractivity contribution in [1.29, 1.82) is 0 Å². The number of likely N-dealkylation sites (tertiary alicyclic amines) is 1. The molecule has 2 aliphatic rings. The molecule has 9 heteroatoms. The predicted octanol–water partition coefficient (Wildman–Crippen LogP) is 1.36. The van der Waals surface area contributed by atoms with Crippen LogP contribution in [0.3, 0.4) is 0 Å². The summed E-state index contributed by atoms with van der Waals surface area (Å²) in [7, 11) is 1.61. The van der Waals surface area contributed by atoms with Gasteiger partial charge in [0.25, 0.3) is 11.8 Å². The average molecular weight is 426 g/mol. The van der Waals surface area contributed by atoms with E-state index in [9.17, 15) is 23.9 Å². The third-order valence-corrected chi connectivity index (χ3v) is 6.05. The van der Waals surface area contributed by atoms with Crippen LogP contribution in [0.5, 0.6) is 0 Å².